The van der Waals surface area contributed by atoms with E-state index in [1.54, 1.807) is 21.1 Å². The van der Waals surface area contributed by atoms with Crippen molar-refractivity contribution in [3.8, 4) is 0 Å². The number of rotatable bonds is 22. The number of likely N-dealkylation sites (N-methyl/N-ethyl adjacent to an activating group) is 1. The first-order valence-electron chi connectivity index (χ1n) is 12.8. The summed E-state index contributed by atoms with van der Waals surface area (Å²) in [6.07, 6.45) is 17.2. The van der Waals surface area contributed by atoms with E-state index in [0.29, 0.717) is 6.42 Å². The van der Waals surface area contributed by atoms with Crippen LogP contribution in [0.25, 0.3) is 0 Å². The highest BCUT2D eigenvalue weighted by Gasteiger charge is 2.24. The van der Waals surface area contributed by atoms with Gasteiger partial charge in [0.15, 0.2) is 0 Å². The molecule has 0 heterocycles. The number of carboxylic acid groups (broad SMARTS) is 1. The van der Waals surface area contributed by atoms with Gasteiger partial charge in [-0.1, -0.05) is 57.6 Å². The molecule has 0 bridgehead atoms. The Labute approximate surface area is 201 Å². The Morgan fingerprint density at radius 2 is 1.48 bits per heavy atom. The molecule has 7 nitrogen and oxygen atoms in total. The average Bonchev–Trinajstić information content (AvgIpc) is 2.74. The van der Waals surface area contributed by atoms with Crippen molar-refractivity contribution in [2.24, 2.45) is 0 Å². The van der Waals surface area contributed by atoms with E-state index in [9.17, 15) is 19.8 Å². The summed E-state index contributed by atoms with van der Waals surface area (Å²) >= 11 is 0. The molecule has 7 heteroatoms. The molecule has 0 amide bonds. The number of nitrogens with zero attached hydrogens (tertiary/aromatic N) is 1. The summed E-state index contributed by atoms with van der Waals surface area (Å²) in [6, 6.07) is -0.684. The maximum atomic E-state index is 11.8. The van der Waals surface area contributed by atoms with Gasteiger partial charge in [-0.15, -0.1) is 0 Å². The van der Waals surface area contributed by atoms with Crippen molar-refractivity contribution in [1.29, 1.82) is 0 Å². The Morgan fingerprint density at radius 3 is 2.06 bits per heavy atom. The number of esters is 1. The fourth-order valence-electron chi connectivity index (χ4n) is 3.53. The molecule has 0 aromatic heterocycles. The average molecular weight is 472 g/mol. The molecule has 33 heavy (non-hydrogen) atoms. The molecule has 2 atom stereocenters. The molecule has 0 spiro atoms. The number of unbranched alkanes of at least 4 members (excludes halogenated alkanes) is 9. The lowest BCUT2D eigenvalue weighted by Crippen LogP contribution is -2.55. The third kappa shape index (κ3) is 19.7. The van der Waals surface area contributed by atoms with Crippen molar-refractivity contribution in [3.05, 3.63) is 12.2 Å². The van der Waals surface area contributed by atoms with E-state index >= 15 is 0 Å². The Kier molecular flexibility index (Phi) is 19.1. The molecule has 194 valence electrons. The second-order valence-corrected chi connectivity index (χ2v) is 9.78. The van der Waals surface area contributed by atoms with E-state index in [1.165, 1.54) is 44.9 Å². The molecule has 0 aliphatic heterocycles. The summed E-state index contributed by atoms with van der Waals surface area (Å²) in [5, 5.41) is 21.1. The molecule has 0 radical (unpaired) electrons. The summed E-state index contributed by atoms with van der Waals surface area (Å²) in [7, 11) is 5.34. The standard InChI is InChI=1S/C26H49NO6/c1-5-6-7-8-9-10-11-12-13-14-15-16-17-18-25(29)33-22-23(28)21-32-20-19-24(26(30)31)27(2,3)4/h10-11,23-24,28H,5-9,12-22H2,1-4H3/b11-10-. The molecule has 0 aliphatic carbocycles. The number of aliphatic hydroxyl groups is 1. The zero-order valence-corrected chi connectivity index (χ0v) is 21.6. The van der Waals surface area contributed by atoms with Crippen LogP contribution in [0, 0.1) is 0 Å². The Bertz CT molecular complexity index is 529. The molecular formula is C26H49NO6. The van der Waals surface area contributed by atoms with Gasteiger partial charge in [-0.25, -0.2) is 0 Å². The van der Waals surface area contributed by atoms with Crippen LogP contribution in [0.3, 0.4) is 0 Å². The zero-order chi connectivity index (χ0) is 25.0. The number of aliphatic carboxylic acids is 1. The van der Waals surface area contributed by atoms with Crippen LogP contribution in [0.1, 0.15) is 90.4 Å². The Balaban J connectivity index is 3.61. The molecule has 0 aromatic carbocycles. The minimum Gasteiger partial charge on any atom is -0.544 e. The smallest absolute Gasteiger partial charge is 0.305 e. The Hall–Kier alpha value is -1.44. The largest absolute Gasteiger partial charge is 0.544 e. The van der Waals surface area contributed by atoms with Crippen molar-refractivity contribution >= 4 is 11.9 Å². The highest BCUT2D eigenvalue weighted by molar-refractivity contribution is 5.69. The van der Waals surface area contributed by atoms with Crippen molar-refractivity contribution in [3.63, 3.8) is 0 Å². The molecule has 1 N–H and O–H groups in total. The van der Waals surface area contributed by atoms with Gasteiger partial charge in [0.1, 0.15) is 18.8 Å². The van der Waals surface area contributed by atoms with Crippen LogP contribution in [-0.2, 0) is 19.1 Å². The highest BCUT2D eigenvalue weighted by atomic mass is 16.5. The van der Waals surface area contributed by atoms with E-state index in [1.807, 2.05) is 0 Å². The summed E-state index contributed by atoms with van der Waals surface area (Å²) < 4.78 is 10.7. The van der Waals surface area contributed by atoms with E-state index in [2.05, 4.69) is 19.1 Å². The van der Waals surface area contributed by atoms with Crippen molar-refractivity contribution in [2.45, 2.75) is 103 Å². The molecule has 0 aromatic rings. The van der Waals surface area contributed by atoms with Crippen LogP contribution >= 0.6 is 0 Å². The first kappa shape index (κ1) is 31.6. The van der Waals surface area contributed by atoms with E-state index in [-0.39, 0.29) is 36.7 Å². The van der Waals surface area contributed by atoms with Gasteiger partial charge in [0, 0.05) is 12.8 Å². The van der Waals surface area contributed by atoms with Gasteiger partial charge in [-0.3, -0.25) is 4.79 Å². The quantitative estimate of drug-likeness (QED) is 0.113. The van der Waals surface area contributed by atoms with Gasteiger partial charge in [-0.2, -0.15) is 0 Å². The number of quaternary nitrogens is 1. The van der Waals surface area contributed by atoms with Crippen LogP contribution in [0.15, 0.2) is 12.2 Å². The number of allylic oxidation sites excluding steroid dienone is 2. The lowest BCUT2D eigenvalue weighted by atomic mass is 10.1. The van der Waals surface area contributed by atoms with Crippen LogP contribution in [0.2, 0.25) is 0 Å². The number of hydrogen-bond acceptors (Lipinski definition) is 6. The van der Waals surface area contributed by atoms with Gasteiger partial charge in [0.2, 0.25) is 0 Å². The summed E-state index contributed by atoms with van der Waals surface area (Å²) in [6.45, 7) is 2.31. The van der Waals surface area contributed by atoms with Gasteiger partial charge in [-0.05, 0) is 32.1 Å². The fourth-order valence-corrected chi connectivity index (χ4v) is 3.53. The third-order valence-corrected chi connectivity index (χ3v) is 5.63. The second kappa shape index (κ2) is 20.0. The molecule has 0 fully saturated rings. The molecule has 0 saturated carbocycles. The first-order valence-corrected chi connectivity index (χ1v) is 12.8. The lowest BCUT2D eigenvalue weighted by molar-refractivity contribution is -0.889. The maximum absolute atomic E-state index is 11.8. The van der Waals surface area contributed by atoms with Gasteiger partial charge in [0.25, 0.3) is 0 Å². The van der Waals surface area contributed by atoms with Crippen molar-refractivity contribution in [1.82, 2.24) is 0 Å². The molecule has 2 unspecified atom stereocenters. The van der Waals surface area contributed by atoms with Gasteiger partial charge < -0.3 is 29.0 Å². The van der Waals surface area contributed by atoms with Crippen molar-refractivity contribution in [2.75, 3.05) is 41.0 Å². The number of ether oxygens (including phenoxy) is 2. The predicted molar refractivity (Wildman–Crippen MR) is 129 cm³/mol. The monoisotopic (exact) mass is 471 g/mol. The number of aliphatic hydroxyl groups excluding tert-OH is 1. The second-order valence-electron chi connectivity index (χ2n) is 9.78. The lowest BCUT2D eigenvalue weighted by Gasteiger charge is -2.34. The van der Waals surface area contributed by atoms with Crippen molar-refractivity contribution < 1.29 is 33.8 Å². The summed E-state index contributed by atoms with van der Waals surface area (Å²) in [5.41, 5.74) is 0. The predicted octanol–water partition coefficient (Wildman–Crippen LogP) is 3.38. The van der Waals surface area contributed by atoms with Crippen LogP contribution < -0.4 is 5.11 Å². The molecule has 0 rings (SSSR count). The zero-order valence-electron chi connectivity index (χ0n) is 21.6. The van der Waals surface area contributed by atoms with E-state index in [4.69, 9.17) is 9.47 Å². The normalized spacial score (nSPS) is 13.8. The SMILES string of the molecule is CCCCCC/C=C\CCCCCCCC(=O)OCC(O)COCCC(C(=O)[O-])[N+](C)(C)C. The topological polar surface area (TPSA) is 95.9 Å². The summed E-state index contributed by atoms with van der Waals surface area (Å²) in [4.78, 5) is 23.0. The van der Waals surface area contributed by atoms with E-state index in [0.717, 1.165) is 25.7 Å². The molecular weight excluding hydrogens is 422 g/mol. The number of carbonyl (C=O) groups is 2. The minimum atomic E-state index is -1.12. The first-order chi connectivity index (χ1) is 15.7. The minimum absolute atomic E-state index is 0.00260. The highest BCUT2D eigenvalue weighted by Crippen LogP contribution is 2.10. The number of carbonyl (C=O) groups excluding carboxylic acids is 2. The van der Waals surface area contributed by atoms with Crippen LogP contribution in [-0.4, -0.2) is 74.6 Å². The van der Waals surface area contributed by atoms with E-state index < -0.39 is 18.1 Å². The third-order valence-electron chi connectivity index (χ3n) is 5.63. The fraction of sp³-hybridized carbons (Fsp3) is 0.846. The number of carboxylic acids is 1. The molecule has 0 saturated heterocycles. The molecule has 0 aliphatic rings. The van der Waals surface area contributed by atoms with Gasteiger partial charge >= 0.3 is 5.97 Å². The Morgan fingerprint density at radius 1 is 0.909 bits per heavy atom. The maximum Gasteiger partial charge on any atom is 0.305 e. The van der Waals surface area contributed by atoms with Crippen LogP contribution in [0.4, 0.5) is 0 Å². The van der Waals surface area contributed by atoms with Crippen LogP contribution in [0.5, 0.6) is 0 Å². The number of hydrogen-bond donors (Lipinski definition) is 1. The summed E-state index contributed by atoms with van der Waals surface area (Å²) in [5.74, 6) is -1.42. The van der Waals surface area contributed by atoms with Gasteiger partial charge in [0.05, 0.1) is 40.3 Å².